The van der Waals surface area contributed by atoms with Crippen LogP contribution in [-0.2, 0) is 4.79 Å². The molecular weight excluding hydrogens is 176 g/mol. The van der Waals surface area contributed by atoms with Crippen LogP contribution in [0, 0.1) is 0 Å². The van der Waals surface area contributed by atoms with Crippen molar-refractivity contribution >= 4 is 5.78 Å². The highest BCUT2D eigenvalue weighted by atomic mass is 16.5. The molecule has 0 saturated carbocycles. The molecule has 1 aromatic carbocycles. The summed E-state index contributed by atoms with van der Waals surface area (Å²) in [6, 6.07) is 9.57. The fourth-order valence-corrected chi connectivity index (χ4v) is 1.20. The van der Waals surface area contributed by atoms with Gasteiger partial charge in [-0.2, -0.15) is 0 Å². The fourth-order valence-electron chi connectivity index (χ4n) is 1.20. The van der Waals surface area contributed by atoms with Crippen molar-refractivity contribution in [2.75, 3.05) is 6.61 Å². The first-order valence-corrected chi connectivity index (χ1v) is 5.02. The molecule has 0 N–H and O–H groups in total. The smallest absolute Gasteiger partial charge is 0.136 e. The molecule has 0 radical (unpaired) electrons. The number of Topliss-reactive ketones (excluding diaryl/α,β-unsaturated/α-hetero) is 1. The van der Waals surface area contributed by atoms with Crippen LogP contribution in [0.2, 0.25) is 0 Å². The minimum Gasteiger partial charge on any atom is -0.493 e. The van der Waals surface area contributed by atoms with E-state index >= 15 is 0 Å². The average molecular weight is 192 g/mol. The number of rotatable bonds is 6. The maximum Gasteiger partial charge on any atom is 0.136 e. The van der Waals surface area contributed by atoms with Gasteiger partial charge in [-0.3, -0.25) is 4.79 Å². The van der Waals surface area contributed by atoms with E-state index in [1.54, 1.807) is 0 Å². The van der Waals surface area contributed by atoms with Gasteiger partial charge in [0.2, 0.25) is 0 Å². The van der Waals surface area contributed by atoms with Gasteiger partial charge in [0.1, 0.15) is 11.5 Å². The Morgan fingerprint density at radius 1 is 1.21 bits per heavy atom. The van der Waals surface area contributed by atoms with Crippen molar-refractivity contribution in [1.82, 2.24) is 0 Å². The Morgan fingerprint density at radius 2 is 1.93 bits per heavy atom. The van der Waals surface area contributed by atoms with Crippen molar-refractivity contribution < 1.29 is 9.53 Å². The maximum absolute atomic E-state index is 11.2. The van der Waals surface area contributed by atoms with Crippen LogP contribution < -0.4 is 4.74 Å². The van der Waals surface area contributed by atoms with Crippen molar-refractivity contribution in [1.29, 1.82) is 0 Å². The molecule has 1 aromatic rings. The number of hydrogen-bond donors (Lipinski definition) is 0. The Kier molecular flexibility index (Phi) is 4.76. The molecule has 0 heterocycles. The van der Waals surface area contributed by atoms with Crippen molar-refractivity contribution in [2.45, 2.75) is 26.2 Å². The summed E-state index contributed by atoms with van der Waals surface area (Å²) in [4.78, 5) is 11.2. The van der Waals surface area contributed by atoms with Gasteiger partial charge >= 0.3 is 0 Å². The second kappa shape index (κ2) is 6.19. The molecule has 0 atom stereocenters. The molecule has 0 aliphatic rings. The lowest BCUT2D eigenvalue weighted by Crippen LogP contribution is -2.05. The van der Waals surface area contributed by atoms with Gasteiger partial charge < -0.3 is 4.74 Å². The zero-order chi connectivity index (χ0) is 10.2. The molecule has 0 amide bonds. The number of carbonyl (C=O) groups is 1. The van der Waals surface area contributed by atoms with Crippen LogP contribution in [0.4, 0.5) is 0 Å². The first-order chi connectivity index (χ1) is 6.83. The van der Waals surface area contributed by atoms with Crippen molar-refractivity contribution in [3.63, 3.8) is 0 Å². The Hall–Kier alpha value is -1.31. The highest BCUT2D eigenvalue weighted by Crippen LogP contribution is 2.08. The molecule has 2 heteroatoms. The first-order valence-electron chi connectivity index (χ1n) is 5.02. The Balaban J connectivity index is 2.19. The lowest BCUT2D eigenvalue weighted by molar-refractivity contribution is -0.119. The van der Waals surface area contributed by atoms with E-state index in [4.69, 9.17) is 4.74 Å². The van der Waals surface area contributed by atoms with Gasteiger partial charge in [-0.05, 0) is 18.6 Å². The number of ether oxygens (including phenoxy) is 1. The summed E-state index contributed by atoms with van der Waals surface area (Å²) in [5.74, 6) is 1.11. The molecule has 76 valence electrons. The SMILES string of the molecule is CCCC(=O)CCOc1ccccc1. The van der Waals surface area contributed by atoms with Crippen molar-refractivity contribution in [3.05, 3.63) is 30.3 Å². The molecule has 1 rings (SSSR count). The highest BCUT2D eigenvalue weighted by molar-refractivity contribution is 5.78. The van der Waals surface area contributed by atoms with Gasteiger partial charge in [0.05, 0.1) is 6.61 Å². The zero-order valence-electron chi connectivity index (χ0n) is 8.53. The largest absolute Gasteiger partial charge is 0.493 e. The van der Waals surface area contributed by atoms with E-state index in [9.17, 15) is 4.79 Å². The summed E-state index contributed by atoms with van der Waals surface area (Å²) in [5, 5.41) is 0. The summed E-state index contributed by atoms with van der Waals surface area (Å²) >= 11 is 0. The molecule has 0 aliphatic heterocycles. The topological polar surface area (TPSA) is 26.3 Å². The van der Waals surface area contributed by atoms with Gasteiger partial charge in [0, 0.05) is 12.8 Å². The number of carbonyl (C=O) groups excluding carboxylic acids is 1. The van der Waals surface area contributed by atoms with Crippen LogP contribution in [0.15, 0.2) is 30.3 Å². The molecule has 2 nitrogen and oxygen atoms in total. The lowest BCUT2D eigenvalue weighted by Gasteiger charge is -2.04. The quantitative estimate of drug-likeness (QED) is 0.692. The predicted molar refractivity (Wildman–Crippen MR) is 56.5 cm³/mol. The Bertz CT molecular complexity index is 267. The monoisotopic (exact) mass is 192 g/mol. The number of ketones is 1. The Morgan fingerprint density at radius 3 is 2.57 bits per heavy atom. The molecule has 0 aliphatic carbocycles. The number of benzene rings is 1. The third-order valence-electron chi connectivity index (χ3n) is 1.92. The van der Waals surface area contributed by atoms with Gasteiger partial charge in [0.15, 0.2) is 0 Å². The molecule has 0 saturated heterocycles. The molecule has 0 fully saturated rings. The van der Waals surface area contributed by atoms with E-state index in [0.29, 0.717) is 19.4 Å². The molecule has 0 bridgehead atoms. The summed E-state index contributed by atoms with van der Waals surface area (Å²) in [6.07, 6.45) is 2.10. The molecule has 14 heavy (non-hydrogen) atoms. The predicted octanol–water partition coefficient (Wildman–Crippen LogP) is 2.82. The molecule has 0 aromatic heterocycles. The standard InChI is InChI=1S/C12H16O2/c1-2-6-11(13)9-10-14-12-7-4-3-5-8-12/h3-5,7-8H,2,6,9-10H2,1H3. The van der Waals surface area contributed by atoms with Gasteiger partial charge in [-0.15, -0.1) is 0 Å². The Labute approximate surface area is 84.9 Å². The molecule has 0 spiro atoms. The third kappa shape index (κ3) is 4.08. The van der Waals surface area contributed by atoms with E-state index < -0.39 is 0 Å². The average Bonchev–Trinajstić information content (AvgIpc) is 2.20. The summed E-state index contributed by atoms with van der Waals surface area (Å²) in [7, 11) is 0. The molecular formula is C12H16O2. The summed E-state index contributed by atoms with van der Waals surface area (Å²) in [6.45, 7) is 2.50. The first kappa shape index (κ1) is 10.8. The van der Waals surface area contributed by atoms with Crippen LogP contribution in [0.25, 0.3) is 0 Å². The van der Waals surface area contributed by atoms with E-state index in [1.165, 1.54) is 0 Å². The number of hydrogen-bond acceptors (Lipinski definition) is 2. The van der Waals surface area contributed by atoms with Crippen LogP contribution in [0.1, 0.15) is 26.2 Å². The summed E-state index contributed by atoms with van der Waals surface area (Å²) in [5.41, 5.74) is 0. The normalized spacial score (nSPS) is 9.79. The van der Waals surface area contributed by atoms with E-state index in [2.05, 4.69) is 0 Å². The fraction of sp³-hybridized carbons (Fsp3) is 0.417. The van der Waals surface area contributed by atoms with E-state index in [-0.39, 0.29) is 5.78 Å². The zero-order valence-corrected chi connectivity index (χ0v) is 8.53. The van der Waals surface area contributed by atoms with E-state index in [0.717, 1.165) is 12.2 Å². The maximum atomic E-state index is 11.2. The second-order valence-electron chi connectivity index (χ2n) is 3.20. The van der Waals surface area contributed by atoms with Crippen LogP contribution in [-0.4, -0.2) is 12.4 Å². The van der Waals surface area contributed by atoms with Crippen molar-refractivity contribution in [3.8, 4) is 5.75 Å². The summed E-state index contributed by atoms with van der Waals surface area (Å²) < 4.78 is 5.40. The van der Waals surface area contributed by atoms with Crippen LogP contribution in [0.5, 0.6) is 5.75 Å². The van der Waals surface area contributed by atoms with E-state index in [1.807, 2.05) is 37.3 Å². The van der Waals surface area contributed by atoms with Gasteiger partial charge in [0.25, 0.3) is 0 Å². The molecule has 0 unspecified atom stereocenters. The minimum atomic E-state index is 0.281. The third-order valence-corrected chi connectivity index (χ3v) is 1.92. The van der Waals surface area contributed by atoms with Crippen LogP contribution >= 0.6 is 0 Å². The number of para-hydroxylation sites is 1. The van der Waals surface area contributed by atoms with Gasteiger partial charge in [-0.25, -0.2) is 0 Å². The highest BCUT2D eigenvalue weighted by Gasteiger charge is 2.00. The van der Waals surface area contributed by atoms with Crippen LogP contribution in [0.3, 0.4) is 0 Å². The lowest BCUT2D eigenvalue weighted by atomic mass is 10.2. The minimum absolute atomic E-state index is 0.281. The van der Waals surface area contributed by atoms with Crippen molar-refractivity contribution in [2.24, 2.45) is 0 Å². The second-order valence-corrected chi connectivity index (χ2v) is 3.20. The van der Waals surface area contributed by atoms with Gasteiger partial charge in [-0.1, -0.05) is 25.1 Å².